The van der Waals surface area contributed by atoms with Crippen molar-refractivity contribution < 1.29 is 4.42 Å². The van der Waals surface area contributed by atoms with E-state index in [2.05, 4.69) is 22.4 Å². The minimum atomic E-state index is 0.615. The molecular weight excluding hydrogens is 272 g/mol. The van der Waals surface area contributed by atoms with Gasteiger partial charge in [-0.25, -0.2) is 4.98 Å². The molecule has 3 aromatic rings. The number of hydrogen-bond donors (Lipinski definition) is 1. The molecule has 0 unspecified atom stereocenters. The standard InChI is InChI=1S/C16H15ClN2O/c17-13-8-4-9-14-16(13)20-15(19-14)10-5-11-18-12-6-2-1-3-7-12/h1-4,6-9,18H,5,10-11H2. The zero-order valence-electron chi connectivity index (χ0n) is 11.0. The largest absolute Gasteiger partial charge is 0.439 e. The van der Waals surface area contributed by atoms with Gasteiger partial charge >= 0.3 is 0 Å². The fourth-order valence-corrected chi connectivity index (χ4v) is 2.30. The summed E-state index contributed by atoms with van der Waals surface area (Å²) in [6, 6.07) is 15.8. The van der Waals surface area contributed by atoms with E-state index in [-0.39, 0.29) is 0 Å². The summed E-state index contributed by atoms with van der Waals surface area (Å²) >= 11 is 6.07. The van der Waals surface area contributed by atoms with E-state index in [0.29, 0.717) is 10.6 Å². The molecule has 1 aromatic heterocycles. The molecule has 0 amide bonds. The molecule has 0 spiro atoms. The van der Waals surface area contributed by atoms with Crippen molar-refractivity contribution in [2.24, 2.45) is 0 Å². The average molecular weight is 287 g/mol. The van der Waals surface area contributed by atoms with Gasteiger partial charge in [-0.3, -0.25) is 0 Å². The van der Waals surface area contributed by atoms with Crippen molar-refractivity contribution in [1.29, 1.82) is 0 Å². The number of aryl methyl sites for hydroxylation is 1. The van der Waals surface area contributed by atoms with E-state index in [1.165, 1.54) is 0 Å². The lowest BCUT2D eigenvalue weighted by Crippen LogP contribution is -2.02. The fourth-order valence-electron chi connectivity index (χ4n) is 2.10. The molecule has 0 aliphatic carbocycles. The lowest BCUT2D eigenvalue weighted by molar-refractivity contribution is 0.523. The normalized spacial score (nSPS) is 10.8. The number of benzene rings is 2. The van der Waals surface area contributed by atoms with Crippen LogP contribution >= 0.6 is 11.6 Å². The molecule has 0 saturated carbocycles. The van der Waals surface area contributed by atoms with E-state index in [4.69, 9.17) is 16.0 Å². The Kier molecular flexibility index (Phi) is 3.88. The second kappa shape index (κ2) is 5.97. The van der Waals surface area contributed by atoms with Crippen LogP contribution in [0.1, 0.15) is 12.3 Å². The highest BCUT2D eigenvalue weighted by atomic mass is 35.5. The molecule has 2 aromatic carbocycles. The first-order valence-corrected chi connectivity index (χ1v) is 7.03. The van der Waals surface area contributed by atoms with Gasteiger partial charge in [-0.05, 0) is 30.7 Å². The predicted octanol–water partition coefficient (Wildman–Crippen LogP) is 4.53. The Balaban J connectivity index is 1.56. The Hall–Kier alpha value is -2.00. The molecule has 102 valence electrons. The van der Waals surface area contributed by atoms with Gasteiger partial charge in [0.1, 0.15) is 5.52 Å². The highest BCUT2D eigenvalue weighted by molar-refractivity contribution is 6.34. The third-order valence-corrected chi connectivity index (χ3v) is 3.38. The van der Waals surface area contributed by atoms with Gasteiger partial charge in [0.05, 0.1) is 5.02 Å². The van der Waals surface area contributed by atoms with Gasteiger partial charge in [0.25, 0.3) is 0 Å². The molecule has 0 aliphatic heterocycles. The number of fused-ring (bicyclic) bond motifs is 1. The van der Waals surface area contributed by atoms with Crippen molar-refractivity contribution >= 4 is 28.4 Å². The summed E-state index contributed by atoms with van der Waals surface area (Å²) in [6.45, 7) is 0.885. The molecule has 1 heterocycles. The summed E-state index contributed by atoms with van der Waals surface area (Å²) < 4.78 is 5.68. The van der Waals surface area contributed by atoms with E-state index < -0.39 is 0 Å². The highest BCUT2D eigenvalue weighted by Crippen LogP contribution is 2.24. The van der Waals surface area contributed by atoms with Gasteiger partial charge in [-0.1, -0.05) is 35.9 Å². The Morgan fingerprint density at radius 2 is 1.90 bits per heavy atom. The summed E-state index contributed by atoms with van der Waals surface area (Å²) in [5.41, 5.74) is 2.64. The maximum atomic E-state index is 6.07. The zero-order valence-corrected chi connectivity index (χ0v) is 11.7. The topological polar surface area (TPSA) is 38.1 Å². The van der Waals surface area contributed by atoms with Crippen molar-refractivity contribution in [3.8, 4) is 0 Å². The van der Waals surface area contributed by atoms with Gasteiger partial charge in [-0.2, -0.15) is 0 Å². The molecule has 4 heteroatoms. The molecule has 0 bridgehead atoms. The molecule has 0 fully saturated rings. The Morgan fingerprint density at radius 1 is 1.05 bits per heavy atom. The van der Waals surface area contributed by atoms with E-state index >= 15 is 0 Å². The molecule has 20 heavy (non-hydrogen) atoms. The molecule has 0 aliphatic rings. The van der Waals surface area contributed by atoms with Crippen LogP contribution in [0, 0.1) is 0 Å². The van der Waals surface area contributed by atoms with Gasteiger partial charge in [0.2, 0.25) is 0 Å². The Labute approximate surface area is 122 Å². The first-order chi connectivity index (χ1) is 9.83. The smallest absolute Gasteiger partial charge is 0.195 e. The summed E-state index contributed by atoms with van der Waals surface area (Å²) in [7, 11) is 0. The van der Waals surface area contributed by atoms with Crippen molar-refractivity contribution in [3.05, 3.63) is 59.4 Å². The second-order valence-corrected chi connectivity index (χ2v) is 5.00. The molecule has 0 radical (unpaired) electrons. The Morgan fingerprint density at radius 3 is 2.70 bits per heavy atom. The highest BCUT2D eigenvalue weighted by Gasteiger charge is 2.07. The minimum Gasteiger partial charge on any atom is -0.439 e. The third-order valence-electron chi connectivity index (χ3n) is 3.08. The lowest BCUT2D eigenvalue weighted by atomic mass is 10.3. The fraction of sp³-hybridized carbons (Fsp3) is 0.188. The first-order valence-electron chi connectivity index (χ1n) is 6.66. The summed E-state index contributed by atoms with van der Waals surface area (Å²) in [5.74, 6) is 0.739. The van der Waals surface area contributed by atoms with Crippen LogP contribution in [0.3, 0.4) is 0 Å². The van der Waals surface area contributed by atoms with Crippen LogP contribution in [-0.2, 0) is 6.42 Å². The van der Waals surface area contributed by atoms with Crippen LogP contribution in [0.25, 0.3) is 11.1 Å². The minimum absolute atomic E-state index is 0.615. The van der Waals surface area contributed by atoms with Crippen molar-refractivity contribution in [2.45, 2.75) is 12.8 Å². The first kappa shape index (κ1) is 13.0. The number of para-hydroxylation sites is 2. The summed E-state index contributed by atoms with van der Waals surface area (Å²) in [5, 5.41) is 3.98. The summed E-state index contributed by atoms with van der Waals surface area (Å²) in [6.07, 6.45) is 1.75. The molecule has 1 N–H and O–H groups in total. The average Bonchev–Trinajstić information content (AvgIpc) is 2.89. The quantitative estimate of drug-likeness (QED) is 0.701. The maximum Gasteiger partial charge on any atom is 0.195 e. The number of aromatic nitrogens is 1. The third kappa shape index (κ3) is 2.94. The monoisotopic (exact) mass is 286 g/mol. The zero-order chi connectivity index (χ0) is 13.8. The number of oxazole rings is 1. The maximum absolute atomic E-state index is 6.07. The van der Waals surface area contributed by atoms with Crippen molar-refractivity contribution in [3.63, 3.8) is 0 Å². The van der Waals surface area contributed by atoms with E-state index in [1.807, 2.05) is 36.4 Å². The van der Waals surface area contributed by atoms with Crippen LogP contribution < -0.4 is 5.32 Å². The molecular formula is C16H15ClN2O. The SMILES string of the molecule is Clc1cccc2nc(CCCNc3ccccc3)oc12. The van der Waals surface area contributed by atoms with Crippen LogP contribution in [0.2, 0.25) is 5.02 Å². The van der Waals surface area contributed by atoms with Gasteiger partial charge < -0.3 is 9.73 Å². The Bertz CT molecular complexity index is 694. The van der Waals surface area contributed by atoms with Gasteiger partial charge in [-0.15, -0.1) is 0 Å². The number of hydrogen-bond acceptors (Lipinski definition) is 3. The number of halogens is 1. The van der Waals surface area contributed by atoms with E-state index in [0.717, 1.165) is 36.5 Å². The lowest BCUT2D eigenvalue weighted by Gasteiger charge is -2.04. The van der Waals surface area contributed by atoms with Crippen molar-refractivity contribution in [2.75, 3.05) is 11.9 Å². The number of rotatable bonds is 5. The number of nitrogens with one attached hydrogen (secondary N) is 1. The van der Waals surface area contributed by atoms with Crippen LogP contribution in [0.15, 0.2) is 52.9 Å². The van der Waals surface area contributed by atoms with Crippen molar-refractivity contribution in [1.82, 2.24) is 4.98 Å². The van der Waals surface area contributed by atoms with Gasteiger partial charge in [0.15, 0.2) is 11.5 Å². The van der Waals surface area contributed by atoms with Crippen LogP contribution in [-0.4, -0.2) is 11.5 Å². The van der Waals surface area contributed by atoms with Crippen LogP contribution in [0.4, 0.5) is 5.69 Å². The second-order valence-electron chi connectivity index (χ2n) is 4.59. The van der Waals surface area contributed by atoms with Gasteiger partial charge in [0, 0.05) is 18.7 Å². The number of nitrogens with zero attached hydrogens (tertiary/aromatic N) is 1. The summed E-state index contributed by atoms with van der Waals surface area (Å²) in [4.78, 5) is 4.44. The van der Waals surface area contributed by atoms with Crippen LogP contribution in [0.5, 0.6) is 0 Å². The van der Waals surface area contributed by atoms with E-state index in [1.54, 1.807) is 0 Å². The van der Waals surface area contributed by atoms with E-state index in [9.17, 15) is 0 Å². The molecule has 0 atom stereocenters. The number of anilines is 1. The molecule has 0 saturated heterocycles. The molecule has 3 rings (SSSR count). The predicted molar refractivity (Wildman–Crippen MR) is 82.3 cm³/mol. The molecule has 3 nitrogen and oxygen atoms in total.